The largest absolute Gasteiger partial charge is 0.299 e. The summed E-state index contributed by atoms with van der Waals surface area (Å²) in [7, 11) is 0. The van der Waals surface area contributed by atoms with E-state index in [2.05, 4.69) is 6.08 Å². The van der Waals surface area contributed by atoms with E-state index in [1.807, 2.05) is 19.9 Å². The second-order valence-electron chi connectivity index (χ2n) is 2.76. The molecule has 0 unspecified atom stereocenters. The summed E-state index contributed by atoms with van der Waals surface area (Å²) in [6.45, 7) is 4.02. The molecule has 0 spiro atoms. The lowest BCUT2D eigenvalue weighted by Gasteiger charge is -1.92. The molecule has 0 heterocycles. The van der Waals surface area contributed by atoms with Crippen LogP contribution in [-0.2, 0) is 4.79 Å². The molecule has 0 rings (SSSR count). The minimum absolute atomic E-state index is 0.544. The minimum atomic E-state index is 0.544. The Bertz CT molecular complexity index is 239. The maximum absolute atomic E-state index is 10.0. The average molecular weight is 163 g/mol. The molecule has 0 aliphatic carbocycles. The minimum Gasteiger partial charge on any atom is -0.299 e. The van der Waals surface area contributed by atoms with Crippen LogP contribution in [-0.4, -0.2) is 6.29 Å². The third-order valence-electron chi connectivity index (χ3n) is 1.38. The van der Waals surface area contributed by atoms with Gasteiger partial charge in [-0.15, -0.1) is 0 Å². The van der Waals surface area contributed by atoms with E-state index >= 15 is 0 Å². The Balaban J connectivity index is 3.92. The van der Waals surface area contributed by atoms with Gasteiger partial charge in [0.15, 0.2) is 0 Å². The number of nitrogens with zero attached hydrogens (tertiary/aromatic N) is 1. The summed E-state index contributed by atoms with van der Waals surface area (Å²) in [6.07, 6.45) is 5.51. The molecule has 0 bridgehead atoms. The van der Waals surface area contributed by atoms with Gasteiger partial charge in [-0.25, -0.2) is 0 Å². The molecule has 0 aromatic heterocycles. The van der Waals surface area contributed by atoms with Gasteiger partial charge in [0.1, 0.15) is 6.29 Å². The first-order valence-corrected chi connectivity index (χ1v) is 3.88. The molecule has 0 saturated heterocycles. The molecule has 0 radical (unpaired) electrons. The molecule has 64 valence electrons. The van der Waals surface area contributed by atoms with Crippen LogP contribution in [0.25, 0.3) is 0 Å². The van der Waals surface area contributed by atoms with Gasteiger partial charge in [0.2, 0.25) is 0 Å². The maximum atomic E-state index is 10.0. The summed E-state index contributed by atoms with van der Waals surface area (Å²) >= 11 is 0. The number of carbonyl (C=O) groups excluding carboxylic acids is 1. The third-order valence-corrected chi connectivity index (χ3v) is 1.38. The van der Waals surface area contributed by atoms with E-state index in [0.717, 1.165) is 6.42 Å². The Kier molecular flexibility index (Phi) is 5.64. The van der Waals surface area contributed by atoms with Crippen LogP contribution in [0.2, 0.25) is 0 Å². The van der Waals surface area contributed by atoms with E-state index in [9.17, 15) is 4.79 Å². The fourth-order valence-corrected chi connectivity index (χ4v) is 0.775. The number of carbonyl (C=O) groups is 1. The molecular formula is C10H13NO. The molecule has 0 aliphatic rings. The Labute approximate surface area is 73.2 Å². The molecule has 0 fully saturated rings. The van der Waals surface area contributed by atoms with E-state index in [1.165, 1.54) is 11.6 Å². The van der Waals surface area contributed by atoms with Crippen molar-refractivity contribution < 1.29 is 4.79 Å². The summed E-state index contributed by atoms with van der Waals surface area (Å²) in [6, 6.07) is 1.98. The molecule has 12 heavy (non-hydrogen) atoms. The normalized spacial score (nSPS) is 10.2. The van der Waals surface area contributed by atoms with Crippen molar-refractivity contribution in [3.05, 3.63) is 23.3 Å². The van der Waals surface area contributed by atoms with E-state index in [4.69, 9.17) is 5.26 Å². The fraction of sp³-hybridized carbons (Fsp3) is 0.400. The van der Waals surface area contributed by atoms with E-state index < -0.39 is 0 Å². The van der Waals surface area contributed by atoms with Crippen molar-refractivity contribution in [2.75, 3.05) is 0 Å². The number of aldehydes is 1. The highest BCUT2D eigenvalue weighted by molar-refractivity contribution is 5.67. The van der Waals surface area contributed by atoms with Crippen LogP contribution in [0.1, 0.15) is 26.7 Å². The van der Waals surface area contributed by atoms with Crippen molar-refractivity contribution >= 4 is 6.29 Å². The van der Waals surface area contributed by atoms with E-state index in [1.54, 1.807) is 0 Å². The third kappa shape index (κ3) is 5.43. The zero-order valence-electron chi connectivity index (χ0n) is 7.50. The number of nitriles is 1. The SMILES string of the molecule is CC(C)=CCC/C(C#N)=C\C=O. The van der Waals surface area contributed by atoms with Crippen molar-refractivity contribution in [3.63, 3.8) is 0 Å². The fourth-order valence-electron chi connectivity index (χ4n) is 0.775. The topological polar surface area (TPSA) is 40.9 Å². The molecule has 0 N–H and O–H groups in total. The van der Waals surface area contributed by atoms with Crippen LogP contribution in [0.3, 0.4) is 0 Å². The zero-order valence-corrected chi connectivity index (χ0v) is 7.50. The lowest BCUT2D eigenvalue weighted by molar-refractivity contribution is -0.104. The van der Waals surface area contributed by atoms with Crippen LogP contribution in [0, 0.1) is 11.3 Å². The molecule has 0 aromatic rings. The van der Waals surface area contributed by atoms with Crippen LogP contribution in [0.15, 0.2) is 23.3 Å². The predicted molar refractivity (Wildman–Crippen MR) is 48.4 cm³/mol. The predicted octanol–water partition coefficient (Wildman–Crippen LogP) is 2.38. The van der Waals surface area contributed by atoms with Gasteiger partial charge in [-0.1, -0.05) is 11.6 Å². The van der Waals surface area contributed by atoms with E-state index in [-0.39, 0.29) is 0 Å². The molecule has 0 atom stereocenters. The van der Waals surface area contributed by atoms with Crippen molar-refractivity contribution in [3.8, 4) is 6.07 Å². The van der Waals surface area contributed by atoms with Gasteiger partial charge in [0, 0.05) is 5.57 Å². The zero-order chi connectivity index (χ0) is 9.40. The van der Waals surface area contributed by atoms with Gasteiger partial charge in [-0.2, -0.15) is 5.26 Å². The average Bonchev–Trinajstić information content (AvgIpc) is 2.02. The van der Waals surface area contributed by atoms with Gasteiger partial charge in [0.25, 0.3) is 0 Å². The van der Waals surface area contributed by atoms with Gasteiger partial charge < -0.3 is 0 Å². The highest BCUT2D eigenvalue weighted by Gasteiger charge is 1.92. The number of hydrogen-bond donors (Lipinski definition) is 0. The highest BCUT2D eigenvalue weighted by Crippen LogP contribution is 2.05. The lowest BCUT2D eigenvalue weighted by Crippen LogP contribution is -1.79. The molecule has 0 aliphatic heterocycles. The molecule has 0 amide bonds. The van der Waals surface area contributed by atoms with Gasteiger partial charge in [-0.05, 0) is 32.8 Å². The monoisotopic (exact) mass is 163 g/mol. The Hall–Kier alpha value is -1.36. The first-order valence-electron chi connectivity index (χ1n) is 3.88. The number of hydrogen-bond acceptors (Lipinski definition) is 2. The molecule has 2 heteroatoms. The van der Waals surface area contributed by atoms with Crippen LogP contribution in [0.4, 0.5) is 0 Å². The molecule has 0 saturated carbocycles. The van der Waals surface area contributed by atoms with Crippen LogP contribution < -0.4 is 0 Å². The number of rotatable bonds is 4. The Morgan fingerprint density at radius 2 is 2.17 bits per heavy atom. The first kappa shape index (κ1) is 10.6. The summed E-state index contributed by atoms with van der Waals surface area (Å²) in [5.74, 6) is 0. The molecule has 2 nitrogen and oxygen atoms in total. The van der Waals surface area contributed by atoms with Crippen LogP contribution >= 0.6 is 0 Å². The maximum Gasteiger partial charge on any atom is 0.143 e. The van der Waals surface area contributed by atoms with Crippen molar-refractivity contribution in [2.24, 2.45) is 0 Å². The second-order valence-corrected chi connectivity index (χ2v) is 2.76. The summed E-state index contributed by atoms with van der Waals surface area (Å²) < 4.78 is 0. The number of allylic oxidation sites excluding steroid dienone is 4. The lowest BCUT2D eigenvalue weighted by atomic mass is 10.1. The van der Waals surface area contributed by atoms with Crippen LogP contribution in [0.5, 0.6) is 0 Å². The summed E-state index contributed by atoms with van der Waals surface area (Å²) in [5.41, 5.74) is 1.78. The Morgan fingerprint density at radius 1 is 1.50 bits per heavy atom. The summed E-state index contributed by atoms with van der Waals surface area (Å²) in [4.78, 5) is 10.0. The highest BCUT2D eigenvalue weighted by atomic mass is 16.1. The first-order chi connectivity index (χ1) is 5.70. The van der Waals surface area contributed by atoms with Gasteiger partial charge in [-0.3, -0.25) is 4.79 Å². The Morgan fingerprint density at radius 3 is 2.58 bits per heavy atom. The van der Waals surface area contributed by atoms with Crippen molar-refractivity contribution in [1.82, 2.24) is 0 Å². The van der Waals surface area contributed by atoms with Crippen molar-refractivity contribution in [1.29, 1.82) is 5.26 Å². The van der Waals surface area contributed by atoms with Gasteiger partial charge in [0.05, 0.1) is 6.07 Å². The molecular weight excluding hydrogens is 150 g/mol. The standard InChI is InChI=1S/C10H13NO/c1-9(2)4-3-5-10(8-11)6-7-12/h4,6-7H,3,5H2,1-2H3/b10-6+. The molecule has 0 aromatic carbocycles. The second kappa shape index (κ2) is 6.36. The summed E-state index contributed by atoms with van der Waals surface area (Å²) in [5, 5.41) is 8.52. The van der Waals surface area contributed by atoms with Crippen molar-refractivity contribution in [2.45, 2.75) is 26.7 Å². The van der Waals surface area contributed by atoms with Gasteiger partial charge >= 0.3 is 0 Å². The van der Waals surface area contributed by atoms with E-state index in [0.29, 0.717) is 18.3 Å². The smallest absolute Gasteiger partial charge is 0.143 e. The quantitative estimate of drug-likeness (QED) is 0.276.